The Morgan fingerprint density at radius 2 is 2.00 bits per heavy atom. The van der Waals surface area contributed by atoms with E-state index in [4.69, 9.17) is 15.2 Å². The number of methoxy groups -OCH3 is 2. The predicted molar refractivity (Wildman–Crippen MR) is 61.5 cm³/mol. The van der Waals surface area contributed by atoms with Crippen LogP contribution in [-0.4, -0.2) is 31.6 Å². The Morgan fingerprint density at radius 3 is 2.53 bits per heavy atom. The average Bonchev–Trinajstić information content (AvgIpc) is 2.30. The molecular weight excluding hydrogens is 226 g/mol. The predicted octanol–water partition coefficient (Wildman–Crippen LogP) is 0.412. The Labute approximate surface area is 97.8 Å². The number of hydrogen-bond acceptors (Lipinski definition) is 5. The van der Waals surface area contributed by atoms with E-state index in [2.05, 4.69) is 5.10 Å². The normalized spacial score (nSPS) is 10.2. The summed E-state index contributed by atoms with van der Waals surface area (Å²) in [6, 6.07) is 2.35. The van der Waals surface area contributed by atoms with Crippen molar-refractivity contribution < 1.29 is 19.4 Å². The first-order valence-corrected chi connectivity index (χ1v) is 4.62. The quantitative estimate of drug-likeness (QED) is 0.522. The molecule has 0 atom stereocenters. The van der Waals surface area contributed by atoms with Crippen molar-refractivity contribution in [2.24, 2.45) is 10.8 Å². The van der Waals surface area contributed by atoms with E-state index in [-0.39, 0.29) is 17.1 Å². The molecule has 1 aromatic carbocycles. The van der Waals surface area contributed by atoms with E-state index in [9.17, 15) is 9.90 Å². The van der Waals surface area contributed by atoms with E-state index in [1.165, 1.54) is 20.4 Å². The summed E-state index contributed by atoms with van der Waals surface area (Å²) in [5.41, 5.74) is 7.13. The van der Waals surface area contributed by atoms with Crippen molar-refractivity contribution in [1.82, 2.24) is 5.43 Å². The van der Waals surface area contributed by atoms with E-state index < -0.39 is 6.03 Å². The van der Waals surface area contributed by atoms with E-state index in [0.29, 0.717) is 5.75 Å². The molecule has 0 aliphatic carbocycles. The van der Waals surface area contributed by atoms with E-state index >= 15 is 0 Å². The van der Waals surface area contributed by atoms with Crippen LogP contribution in [0.3, 0.4) is 0 Å². The number of aromatic hydroxyl groups is 1. The summed E-state index contributed by atoms with van der Waals surface area (Å²) >= 11 is 0. The fourth-order valence-corrected chi connectivity index (χ4v) is 1.20. The van der Waals surface area contributed by atoms with E-state index in [0.717, 1.165) is 0 Å². The smallest absolute Gasteiger partial charge is 0.332 e. The SMILES string of the molecule is COc1ccc(OC)c(C=NNC(N)=O)c1O. The second kappa shape index (κ2) is 5.59. The summed E-state index contributed by atoms with van der Waals surface area (Å²) in [4.78, 5) is 10.4. The number of amides is 2. The summed E-state index contributed by atoms with van der Waals surface area (Å²) in [5, 5.41) is 13.4. The van der Waals surface area contributed by atoms with Crippen LogP contribution in [0, 0.1) is 0 Å². The minimum absolute atomic E-state index is 0.137. The first kappa shape index (κ1) is 12.6. The number of primary amides is 1. The third-order valence-corrected chi connectivity index (χ3v) is 1.95. The Balaban J connectivity index is 3.10. The lowest BCUT2D eigenvalue weighted by Crippen LogP contribution is -2.24. The first-order chi connectivity index (χ1) is 8.10. The average molecular weight is 239 g/mol. The first-order valence-electron chi connectivity index (χ1n) is 4.62. The number of nitrogens with zero attached hydrogens (tertiary/aromatic N) is 1. The van der Waals surface area contributed by atoms with Gasteiger partial charge in [0.1, 0.15) is 5.75 Å². The molecule has 0 heterocycles. The van der Waals surface area contributed by atoms with Crippen LogP contribution in [0.2, 0.25) is 0 Å². The maximum absolute atomic E-state index is 10.4. The summed E-state index contributed by atoms with van der Waals surface area (Å²) in [6.07, 6.45) is 1.21. The topological polar surface area (TPSA) is 106 Å². The molecular formula is C10H13N3O4. The lowest BCUT2D eigenvalue weighted by atomic mass is 10.2. The summed E-state index contributed by atoms with van der Waals surface area (Å²) < 4.78 is 9.97. The third kappa shape index (κ3) is 3.00. The number of carbonyl (C=O) groups excluding carboxylic acids is 1. The van der Waals surface area contributed by atoms with Crippen molar-refractivity contribution in [3.63, 3.8) is 0 Å². The highest BCUT2D eigenvalue weighted by molar-refractivity contribution is 5.89. The van der Waals surface area contributed by atoms with Crippen LogP contribution in [0.1, 0.15) is 5.56 Å². The van der Waals surface area contributed by atoms with Crippen molar-refractivity contribution >= 4 is 12.2 Å². The molecule has 0 aliphatic heterocycles. The van der Waals surface area contributed by atoms with Gasteiger partial charge in [0.25, 0.3) is 0 Å². The Bertz CT molecular complexity index is 445. The minimum Gasteiger partial charge on any atom is -0.504 e. The molecule has 17 heavy (non-hydrogen) atoms. The molecule has 0 spiro atoms. The fraction of sp³-hybridized carbons (Fsp3) is 0.200. The highest BCUT2D eigenvalue weighted by Gasteiger charge is 2.12. The molecule has 1 aromatic rings. The van der Waals surface area contributed by atoms with Crippen LogP contribution in [0.5, 0.6) is 17.2 Å². The zero-order chi connectivity index (χ0) is 12.8. The second-order valence-electron chi connectivity index (χ2n) is 2.97. The van der Waals surface area contributed by atoms with Gasteiger partial charge in [0, 0.05) is 0 Å². The zero-order valence-corrected chi connectivity index (χ0v) is 9.43. The van der Waals surface area contributed by atoms with Gasteiger partial charge in [-0.3, -0.25) is 0 Å². The number of urea groups is 1. The molecule has 0 aliphatic rings. The van der Waals surface area contributed by atoms with Gasteiger partial charge in [-0.1, -0.05) is 0 Å². The van der Waals surface area contributed by atoms with Crippen LogP contribution in [0.15, 0.2) is 17.2 Å². The van der Waals surface area contributed by atoms with Crippen LogP contribution < -0.4 is 20.6 Å². The molecule has 0 saturated carbocycles. The molecule has 0 aromatic heterocycles. The highest BCUT2D eigenvalue weighted by Crippen LogP contribution is 2.34. The fourth-order valence-electron chi connectivity index (χ4n) is 1.20. The zero-order valence-electron chi connectivity index (χ0n) is 9.43. The number of carbonyl (C=O) groups is 1. The minimum atomic E-state index is -0.803. The largest absolute Gasteiger partial charge is 0.504 e. The van der Waals surface area contributed by atoms with Crippen LogP contribution in [-0.2, 0) is 0 Å². The maximum Gasteiger partial charge on any atom is 0.332 e. The van der Waals surface area contributed by atoms with E-state index in [1.807, 2.05) is 5.43 Å². The van der Waals surface area contributed by atoms with Gasteiger partial charge in [0.2, 0.25) is 0 Å². The molecule has 0 unspecified atom stereocenters. The van der Waals surface area contributed by atoms with Gasteiger partial charge in [-0.2, -0.15) is 5.10 Å². The van der Waals surface area contributed by atoms with Gasteiger partial charge in [-0.25, -0.2) is 10.2 Å². The number of rotatable bonds is 4. The standard InChI is InChI=1S/C10H13N3O4/c1-16-7-3-4-8(17-2)9(14)6(7)5-12-13-10(11)15/h3-5,14H,1-2H3,(H3,11,13,15). The Kier molecular flexibility index (Phi) is 4.15. The molecule has 92 valence electrons. The van der Waals surface area contributed by atoms with Gasteiger partial charge in [0.05, 0.1) is 26.0 Å². The number of phenolic OH excluding ortho intramolecular Hbond substituents is 1. The highest BCUT2D eigenvalue weighted by atomic mass is 16.5. The van der Waals surface area contributed by atoms with Gasteiger partial charge < -0.3 is 20.3 Å². The molecule has 0 saturated heterocycles. The van der Waals surface area contributed by atoms with Gasteiger partial charge in [-0.15, -0.1) is 0 Å². The van der Waals surface area contributed by atoms with Crippen molar-refractivity contribution in [3.8, 4) is 17.2 Å². The monoisotopic (exact) mass is 239 g/mol. The molecule has 0 fully saturated rings. The molecule has 4 N–H and O–H groups in total. The van der Waals surface area contributed by atoms with Crippen LogP contribution in [0.25, 0.3) is 0 Å². The van der Waals surface area contributed by atoms with E-state index in [1.54, 1.807) is 12.1 Å². The van der Waals surface area contributed by atoms with Crippen molar-refractivity contribution in [2.45, 2.75) is 0 Å². The van der Waals surface area contributed by atoms with Gasteiger partial charge in [-0.05, 0) is 12.1 Å². The maximum atomic E-state index is 10.4. The summed E-state index contributed by atoms with van der Waals surface area (Å²) in [7, 11) is 2.87. The van der Waals surface area contributed by atoms with Crippen molar-refractivity contribution in [3.05, 3.63) is 17.7 Å². The molecule has 1 rings (SSSR count). The summed E-state index contributed by atoms with van der Waals surface area (Å²) in [6.45, 7) is 0. The number of nitrogens with one attached hydrogen (secondary N) is 1. The molecule has 7 nitrogen and oxygen atoms in total. The van der Waals surface area contributed by atoms with Crippen LogP contribution in [0.4, 0.5) is 4.79 Å². The molecule has 0 radical (unpaired) electrons. The van der Waals surface area contributed by atoms with Crippen molar-refractivity contribution in [1.29, 1.82) is 0 Å². The lowest BCUT2D eigenvalue weighted by Gasteiger charge is -2.09. The number of hydrogen-bond donors (Lipinski definition) is 3. The molecule has 0 bridgehead atoms. The summed E-state index contributed by atoms with van der Waals surface area (Å²) in [5.74, 6) is 0.520. The van der Waals surface area contributed by atoms with Gasteiger partial charge in [0.15, 0.2) is 11.5 Å². The second-order valence-corrected chi connectivity index (χ2v) is 2.97. The van der Waals surface area contributed by atoms with Crippen LogP contribution >= 0.6 is 0 Å². The number of nitrogens with two attached hydrogens (primary N) is 1. The van der Waals surface area contributed by atoms with Gasteiger partial charge >= 0.3 is 6.03 Å². The van der Waals surface area contributed by atoms with Crippen molar-refractivity contribution in [2.75, 3.05) is 14.2 Å². The Hall–Kier alpha value is -2.44. The molecule has 7 heteroatoms. The number of benzene rings is 1. The molecule has 2 amide bonds. The third-order valence-electron chi connectivity index (χ3n) is 1.95. The number of ether oxygens (including phenoxy) is 2. The number of hydrazone groups is 1. The Morgan fingerprint density at radius 1 is 1.41 bits per heavy atom. The lowest BCUT2D eigenvalue weighted by molar-refractivity contribution is 0.249. The number of phenols is 1.